The van der Waals surface area contributed by atoms with Gasteiger partial charge in [0.05, 0.1) is 29.5 Å². The minimum absolute atomic E-state index is 0.341. The first-order valence-electron chi connectivity index (χ1n) is 6.37. The van der Waals surface area contributed by atoms with Gasteiger partial charge in [0.1, 0.15) is 5.56 Å². The van der Waals surface area contributed by atoms with Gasteiger partial charge in [-0.2, -0.15) is 5.10 Å². The number of fused-ring (bicyclic) bond motifs is 1. The Balaban J connectivity index is 2.04. The monoisotopic (exact) mass is 270 g/mol. The van der Waals surface area contributed by atoms with E-state index in [0.717, 1.165) is 11.0 Å². The molecule has 0 aliphatic heterocycles. The van der Waals surface area contributed by atoms with Crippen molar-refractivity contribution in [3.8, 4) is 5.95 Å². The molecule has 0 amide bonds. The van der Waals surface area contributed by atoms with Gasteiger partial charge in [0.2, 0.25) is 5.95 Å². The molecule has 0 saturated carbocycles. The van der Waals surface area contributed by atoms with Crippen LogP contribution in [0, 0.1) is 6.92 Å². The molecule has 0 radical (unpaired) electrons. The summed E-state index contributed by atoms with van der Waals surface area (Å²) in [7, 11) is 0. The number of para-hydroxylation sites is 2. The number of ether oxygens (including phenoxy) is 1. The number of carbonyl (C=O) groups is 1. The van der Waals surface area contributed by atoms with E-state index in [1.165, 1.54) is 6.20 Å². The highest BCUT2D eigenvalue weighted by molar-refractivity contribution is 5.90. The third-order valence-corrected chi connectivity index (χ3v) is 3.08. The van der Waals surface area contributed by atoms with Crippen LogP contribution >= 0.6 is 0 Å². The van der Waals surface area contributed by atoms with Crippen LogP contribution in [0.2, 0.25) is 0 Å². The quantitative estimate of drug-likeness (QED) is 0.741. The van der Waals surface area contributed by atoms with Gasteiger partial charge < -0.3 is 9.72 Å². The van der Waals surface area contributed by atoms with E-state index in [1.54, 1.807) is 11.6 Å². The van der Waals surface area contributed by atoms with E-state index in [-0.39, 0.29) is 5.97 Å². The van der Waals surface area contributed by atoms with Crippen LogP contribution < -0.4 is 0 Å². The number of rotatable bonds is 3. The van der Waals surface area contributed by atoms with Crippen molar-refractivity contribution in [3.63, 3.8) is 0 Å². The van der Waals surface area contributed by atoms with Crippen molar-refractivity contribution in [1.29, 1.82) is 0 Å². The van der Waals surface area contributed by atoms with E-state index < -0.39 is 0 Å². The molecule has 0 aliphatic rings. The Hall–Kier alpha value is -2.63. The molecule has 0 bridgehead atoms. The molecule has 0 atom stereocenters. The van der Waals surface area contributed by atoms with E-state index in [4.69, 9.17) is 4.74 Å². The molecule has 0 spiro atoms. The second kappa shape index (κ2) is 4.80. The van der Waals surface area contributed by atoms with E-state index in [1.807, 2.05) is 31.2 Å². The minimum atomic E-state index is -0.368. The van der Waals surface area contributed by atoms with Crippen molar-refractivity contribution < 1.29 is 9.53 Å². The van der Waals surface area contributed by atoms with Crippen molar-refractivity contribution >= 4 is 17.0 Å². The number of imidazole rings is 1. The van der Waals surface area contributed by atoms with Crippen molar-refractivity contribution in [2.75, 3.05) is 6.61 Å². The zero-order valence-electron chi connectivity index (χ0n) is 11.3. The van der Waals surface area contributed by atoms with Crippen molar-refractivity contribution in [3.05, 3.63) is 41.7 Å². The fourth-order valence-corrected chi connectivity index (χ4v) is 2.07. The molecule has 0 unspecified atom stereocenters. The lowest BCUT2D eigenvalue weighted by Gasteiger charge is -2.01. The van der Waals surface area contributed by atoms with E-state index in [9.17, 15) is 4.79 Å². The predicted octanol–water partition coefficient (Wildman–Crippen LogP) is 2.23. The number of aromatic nitrogens is 4. The number of nitrogens with one attached hydrogen (secondary N) is 1. The molecule has 0 aliphatic carbocycles. The van der Waals surface area contributed by atoms with Gasteiger partial charge in [-0.15, -0.1) is 0 Å². The summed E-state index contributed by atoms with van der Waals surface area (Å²) < 4.78 is 6.60. The van der Waals surface area contributed by atoms with Gasteiger partial charge in [0, 0.05) is 0 Å². The van der Waals surface area contributed by atoms with Gasteiger partial charge in [0.25, 0.3) is 0 Å². The molecule has 2 aromatic heterocycles. The zero-order valence-corrected chi connectivity index (χ0v) is 11.3. The Kier molecular flexibility index (Phi) is 2.98. The lowest BCUT2D eigenvalue weighted by Crippen LogP contribution is -2.07. The van der Waals surface area contributed by atoms with Gasteiger partial charge in [-0.1, -0.05) is 12.1 Å². The van der Waals surface area contributed by atoms with E-state index in [0.29, 0.717) is 23.8 Å². The highest BCUT2D eigenvalue weighted by Gasteiger charge is 2.17. The van der Waals surface area contributed by atoms with Crippen LogP contribution in [-0.2, 0) is 4.74 Å². The number of aromatic amines is 1. The second-order valence-corrected chi connectivity index (χ2v) is 4.35. The molecule has 0 saturated heterocycles. The third kappa shape index (κ3) is 1.95. The summed E-state index contributed by atoms with van der Waals surface area (Å²) in [4.78, 5) is 19.4. The van der Waals surface area contributed by atoms with Crippen LogP contribution in [0.25, 0.3) is 17.0 Å². The third-order valence-electron chi connectivity index (χ3n) is 3.08. The van der Waals surface area contributed by atoms with E-state index in [2.05, 4.69) is 15.1 Å². The molecule has 1 aromatic carbocycles. The zero-order chi connectivity index (χ0) is 14.1. The summed E-state index contributed by atoms with van der Waals surface area (Å²) in [5.41, 5.74) is 2.93. The first kappa shape index (κ1) is 12.4. The number of hydrogen-bond donors (Lipinski definition) is 1. The predicted molar refractivity (Wildman–Crippen MR) is 73.9 cm³/mol. The average Bonchev–Trinajstić information content (AvgIpc) is 3.01. The SMILES string of the molecule is CCOC(=O)c1cnn(-c2nc3ccccc3[nH]2)c1C. The molecular weight excluding hydrogens is 256 g/mol. The Labute approximate surface area is 115 Å². The lowest BCUT2D eigenvalue weighted by molar-refractivity contribution is 0.0525. The summed E-state index contributed by atoms with van der Waals surface area (Å²) in [5.74, 6) is 0.214. The summed E-state index contributed by atoms with van der Waals surface area (Å²) in [6.45, 7) is 3.93. The molecule has 6 heteroatoms. The Morgan fingerprint density at radius 1 is 1.40 bits per heavy atom. The first-order valence-corrected chi connectivity index (χ1v) is 6.37. The van der Waals surface area contributed by atoms with Crippen molar-refractivity contribution in [1.82, 2.24) is 19.7 Å². The van der Waals surface area contributed by atoms with Crippen molar-refractivity contribution in [2.24, 2.45) is 0 Å². The number of nitrogens with zero attached hydrogens (tertiary/aromatic N) is 3. The molecule has 3 rings (SSSR count). The number of esters is 1. The maximum atomic E-state index is 11.8. The van der Waals surface area contributed by atoms with Crippen LogP contribution in [0.1, 0.15) is 23.0 Å². The van der Waals surface area contributed by atoms with Gasteiger partial charge in [-0.25, -0.2) is 14.5 Å². The molecule has 6 nitrogen and oxygen atoms in total. The van der Waals surface area contributed by atoms with Crippen LogP contribution in [0.4, 0.5) is 0 Å². The molecule has 0 fully saturated rings. The van der Waals surface area contributed by atoms with Gasteiger partial charge in [-0.3, -0.25) is 0 Å². The fourth-order valence-electron chi connectivity index (χ4n) is 2.07. The minimum Gasteiger partial charge on any atom is -0.462 e. The number of H-pyrrole nitrogens is 1. The standard InChI is InChI=1S/C14H14N4O2/c1-3-20-13(19)10-8-15-18(9(10)2)14-16-11-6-4-5-7-12(11)17-14/h4-8H,3H2,1-2H3,(H,16,17). The van der Waals surface area contributed by atoms with Crippen LogP contribution in [0.3, 0.4) is 0 Å². The Bertz CT molecular complexity index is 739. The molecule has 1 N–H and O–H groups in total. The molecule has 2 heterocycles. The Morgan fingerprint density at radius 2 is 2.20 bits per heavy atom. The number of carbonyl (C=O) groups excluding carboxylic acids is 1. The summed E-state index contributed by atoms with van der Waals surface area (Å²) in [6, 6.07) is 7.72. The highest BCUT2D eigenvalue weighted by atomic mass is 16.5. The number of benzene rings is 1. The molecule has 3 aromatic rings. The summed E-state index contributed by atoms with van der Waals surface area (Å²) in [5, 5.41) is 4.21. The normalized spacial score (nSPS) is 10.9. The molecule has 20 heavy (non-hydrogen) atoms. The average molecular weight is 270 g/mol. The largest absolute Gasteiger partial charge is 0.462 e. The van der Waals surface area contributed by atoms with E-state index >= 15 is 0 Å². The number of hydrogen-bond acceptors (Lipinski definition) is 4. The van der Waals surface area contributed by atoms with Gasteiger partial charge >= 0.3 is 5.97 Å². The second-order valence-electron chi connectivity index (χ2n) is 4.35. The van der Waals surface area contributed by atoms with Gasteiger partial charge in [0.15, 0.2) is 0 Å². The van der Waals surface area contributed by atoms with Crippen LogP contribution in [0.5, 0.6) is 0 Å². The highest BCUT2D eigenvalue weighted by Crippen LogP contribution is 2.16. The molecular formula is C14H14N4O2. The van der Waals surface area contributed by atoms with Gasteiger partial charge in [-0.05, 0) is 26.0 Å². The topological polar surface area (TPSA) is 72.8 Å². The van der Waals surface area contributed by atoms with Crippen LogP contribution in [0.15, 0.2) is 30.5 Å². The molecule has 102 valence electrons. The maximum Gasteiger partial charge on any atom is 0.341 e. The lowest BCUT2D eigenvalue weighted by atomic mass is 10.3. The van der Waals surface area contributed by atoms with Crippen molar-refractivity contribution in [2.45, 2.75) is 13.8 Å². The maximum absolute atomic E-state index is 11.8. The van der Waals surface area contributed by atoms with Crippen LogP contribution in [-0.4, -0.2) is 32.3 Å². The fraction of sp³-hybridized carbons (Fsp3) is 0.214. The first-order chi connectivity index (χ1) is 9.70. The smallest absolute Gasteiger partial charge is 0.341 e. The summed E-state index contributed by atoms with van der Waals surface area (Å²) >= 11 is 0. The Morgan fingerprint density at radius 3 is 2.95 bits per heavy atom. The summed E-state index contributed by atoms with van der Waals surface area (Å²) in [6.07, 6.45) is 1.50.